The lowest BCUT2D eigenvalue weighted by Gasteiger charge is -2.30. The second-order valence-electron chi connectivity index (χ2n) is 7.18. The summed E-state index contributed by atoms with van der Waals surface area (Å²) in [4.78, 5) is 5.17. The second-order valence-corrected chi connectivity index (χ2v) is 8.50. The molecule has 1 aliphatic rings. The molecule has 2 aromatic heterocycles. The number of benzene rings is 1. The molecule has 1 fully saturated rings. The number of hydrogen-bond acceptors (Lipinski definition) is 4. The van der Waals surface area contributed by atoms with Crippen LogP contribution in [0.15, 0.2) is 35.4 Å². The maximum Gasteiger partial charge on any atom is 0.142 e. The lowest BCUT2D eigenvalue weighted by atomic mass is 9.92. The minimum Gasteiger partial charge on any atom is -0.335 e. The summed E-state index contributed by atoms with van der Waals surface area (Å²) >= 11 is 7.13. The van der Waals surface area contributed by atoms with Gasteiger partial charge in [-0.2, -0.15) is 5.26 Å². The van der Waals surface area contributed by atoms with Gasteiger partial charge in [-0.3, -0.25) is 9.71 Å². The van der Waals surface area contributed by atoms with E-state index in [1.807, 2.05) is 4.57 Å². The van der Waals surface area contributed by atoms with Crippen molar-refractivity contribution in [2.24, 2.45) is 0 Å². The second kappa shape index (κ2) is 8.88. The van der Waals surface area contributed by atoms with E-state index < -0.39 is 25.2 Å². The van der Waals surface area contributed by atoms with Crippen LogP contribution in [0.25, 0.3) is 22.3 Å². The van der Waals surface area contributed by atoms with Gasteiger partial charge in [0.2, 0.25) is 0 Å². The third-order valence-corrected chi connectivity index (χ3v) is 6.51. The van der Waals surface area contributed by atoms with Crippen molar-refractivity contribution in [1.82, 2.24) is 14.3 Å². The molecule has 1 aromatic carbocycles. The highest BCUT2D eigenvalue weighted by atomic mass is 35.5. The minimum atomic E-state index is -0.874. The Hall–Kier alpha value is -2.21. The Morgan fingerprint density at radius 2 is 2.07 bits per heavy atom. The van der Waals surface area contributed by atoms with Crippen molar-refractivity contribution in [3.8, 4) is 17.5 Å². The predicted octanol–water partition coefficient (Wildman–Crippen LogP) is 6.00. The number of fused-ring (bicyclic) bond motifs is 1. The number of nitrogens with one attached hydrogen (secondary N) is 1. The maximum atomic E-state index is 14.1. The zero-order valence-corrected chi connectivity index (χ0v) is 17.4. The van der Waals surface area contributed by atoms with E-state index in [2.05, 4.69) is 15.8 Å². The molecule has 1 saturated carbocycles. The van der Waals surface area contributed by atoms with Gasteiger partial charge in [-0.15, -0.1) is 0 Å². The van der Waals surface area contributed by atoms with Gasteiger partial charge in [-0.05, 0) is 55.5 Å². The molecular weight excluding hydrogens is 433 g/mol. The Kier molecular flexibility index (Phi) is 6.23. The van der Waals surface area contributed by atoms with E-state index in [1.54, 1.807) is 24.4 Å². The van der Waals surface area contributed by atoms with E-state index in [9.17, 15) is 18.4 Å². The Morgan fingerprint density at radius 3 is 2.63 bits per heavy atom. The number of halogens is 4. The Morgan fingerprint density at radius 1 is 1.30 bits per heavy atom. The molecule has 0 unspecified atom stereocenters. The van der Waals surface area contributed by atoms with E-state index in [0.717, 1.165) is 31.2 Å². The zero-order chi connectivity index (χ0) is 21.3. The molecule has 156 valence electrons. The van der Waals surface area contributed by atoms with Crippen LogP contribution >= 0.6 is 23.5 Å². The largest absolute Gasteiger partial charge is 0.335 e. The van der Waals surface area contributed by atoms with Crippen molar-refractivity contribution < 1.29 is 13.2 Å². The van der Waals surface area contributed by atoms with Crippen molar-refractivity contribution in [3.63, 3.8) is 0 Å². The molecule has 0 radical (unpaired) electrons. The summed E-state index contributed by atoms with van der Waals surface area (Å²) in [5.74, 6) is -0.570. The molecule has 2 heterocycles. The first-order valence-corrected chi connectivity index (χ1v) is 10.7. The lowest BCUT2D eigenvalue weighted by molar-refractivity contribution is 0.324. The number of nitriles is 1. The lowest BCUT2D eigenvalue weighted by Crippen LogP contribution is -2.27. The van der Waals surface area contributed by atoms with Crippen LogP contribution in [0.1, 0.15) is 30.9 Å². The van der Waals surface area contributed by atoms with Crippen molar-refractivity contribution in [2.45, 2.75) is 36.2 Å². The average Bonchev–Trinajstić information content (AvgIpc) is 3.01. The van der Waals surface area contributed by atoms with E-state index in [4.69, 9.17) is 11.6 Å². The van der Waals surface area contributed by atoms with Gasteiger partial charge in [0.1, 0.15) is 25.2 Å². The normalized spacial score (nSPS) is 14.3. The molecule has 1 N–H and O–H groups in total. The highest BCUT2D eigenvalue weighted by molar-refractivity contribution is 7.97. The molecule has 4 nitrogen and oxygen atoms in total. The zero-order valence-electron chi connectivity index (χ0n) is 15.8. The van der Waals surface area contributed by atoms with Crippen LogP contribution in [0.2, 0.25) is 5.02 Å². The fourth-order valence-corrected chi connectivity index (χ4v) is 4.36. The van der Waals surface area contributed by atoms with Gasteiger partial charge in [0.15, 0.2) is 0 Å². The highest BCUT2D eigenvalue weighted by Crippen LogP contribution is 2.43. The maximum absolute atomic E-state index is 14.1. The summed E-state index contributed by atoms with van der Waals surface area (Å²) in [6, 6.07) is 7.92. The fraction of sp³-hybridized carbons (Fsp3) is 0.333. The average molecular weight is 451 g/mol. The van der Waals surface area contributed by atoms with Crippen LogP contribution in [0.5, 0.6) is 0 Å². The molecule has 30 heavy (non-hydrogen) atoms. The number of aromatic nitrogens is 2. The van der Waals surface area contributed by atoms with E-state index >= 15 is 0 Å². The van der Waals surface area contributed by atoms with Gasteiger partial charge < -0.3 is 4.57 Å². The standard InChI is InChI=1S/C21H18ClF3N4S/c22-17-7-20-15(6-18(17)25)16(10-26)21(29(20)13-2-1-3-13)19-5-4-14(11-27-19)30-28-12(8-23)9-24/h4-7,11-13,28H,1-3,8-9H2. The predicted molar refractivity (Wildman–Crippen MR) is 112 cm³/mol. The van der Waals surface area contributed by atoms with Crippen LogP contribution in [-0.2, 0) is 0 Å². The minimum absolute atomic E-state index is 0.0117. The fourth-order valence-electron chi connectivity index (χ4n) is 3.53. The number of pyridine rings is 1. The monoisotopic (exact) mass is 450 g/mol. The van der Waals surface area contributed by atoms with E-state index in [0.29, 0.717) is 32.7 Å². The van der Waals surface area contributed by atoms with Gasteiger partial charge in [-0.25, -0.2) is 13.2 Å². The molecule has 1 aliphatic carbocycles. The van der Waals surface area contributed by atoms with Crippen LogP contribution in [-0.4, -0.2) is 28.9 Å². The van der Waals surface area contributed by atoms with Crippen LogP contribution in [0.3, 0.4) is 0 Å². The van der Waals surface area contributed by atoms with Crippen molar-refractivity contribution in [1.29, 1.82) is 5.26 Å². The summed E-state index contributed by atoms with van der Waals surface area (Å²) < 4.78 is 44.2. The molecule has 0 aliphatic heterocycles. The van der Waals surface area contributed by atoms with Crippen molar-refractivity contribution in [3.05, 3.63) is 46.9 Å². The van der Waals surface area contributed by atoms with Crippen molar-refractivity contribution >= 4 is 34.5 Å². The molecule has 0 spiro atoms. The Bertz CT molecular complexity index is 1100. The third kappa shape index (κ3) is 3.78. The van der Waals surface area contributed by atoms with Gasteiger partial charge in [-0.1, -0.05) is 11.6 Å². The molecule has 0 atom stereocenters. The van der Waals surface area contributed by atoms with Crippen molar-refractivity contribution in [2.75, 3.05) is 13.3 Å². The quantitative estimate of drug-likeness (QED) is 0.449. The highest BCUT2D eigenvalue weighted by Gasteiger charge is 2.29. The first-order chi connectivity index (χ1) is 14.6. The Labute approximate surface area is 181 Å². The number of rotatable bonds is 7. The molecular formula is C21H18ClF3N4S. The first-order valence-electron chi connectivity index (χ1n) is 9.51. The molecule has 4 rings (SSSR count). The van der Waals surface area contributed by atoms with Gasteiger partial charge in [0, 0.05) is 22.5 Å². The number of nitrogens with zero attached hydrogens (tertiary/aromatic N) is 3. The first kappa shape index (κ1) is 21.0. The summed E-state index contributed by atoms with van der Waals surface area (Å²) in [6.45, 7) is -1.61. The Balaban J connectivity index is 1.77. The van der Waals surface area contributed by atoms with E-state index in [-0.39, 0.29) is 11.1 Å². The molecule has 9 heteroatoms. The SMILES string of the molecule is N#Cc1c(-c2ccc(SNC(CF)CF)cn2)n(C2CCC2)c2cc(Cl)c(F)cc12. The molecule has 0 amide bonds. The summed E-state index contributed by atoms with van der Waals surface area (Å²) in [5.41, 5.74) is 2.28. The summed E-state index contributed by atoms with van der Waals surface area (Å²) in [7, 11) is 0. The topological polar surface area (TPSA) is 53.6 Å². The van der Waals surface area contributed by atoms with Gasteiger partial charge in [0.25, 0.3) is 0 Å². The molecule has 0 bridgehead atoms. The summed E-state index contributed by atoms with van der Waals surface area (Å²) in [5, 5.41) is 10.4. The van der Waals surface area contributed by atoms with Crippen LogP contribution in [0, 0.1) is 17.1 Å². The third-order valence-electron chi connectivity index (χ3n) is 5.29. The number of alkyl halides is 2. The molecule has 3 aromatic rings. The summed E-state index contributed by atoms with van der Waals surface area (Å²) in [6.07, 6.45) is 4.59. The van der Waals surface area contributed by atoms with E-state index in [1.165, 1.54) is 6.07 Å². The number of hydrogen-bond donors (Lipinski definition) is 1. The smallest absolute Gasteiger partial charge is 0.142 e. The van der Waals surface area contributed by atoms with Crippen LogP contribution < -0.4 is 4.72 Å². The van der Waals surface area contributed by atoms with Gasteiger partial charge >= 0.3 is 0 Å². The van der Waals surface area contributed by atoms with Crippen LogP contribution in [0.4, 0.5) is 13.2 Å². The molecule has 0 saturated heterocycles. The van der Waals surface area contributed by atoms with Gasteiger partial charge in [0.05, 0.1) is 33.5 Å².